The highest BCUT2D eigenvalue weighted by Crippen LogP contribution is 2.32. The average Bonchev–Trinajstić information content (AvgIpc) is 3.31. The van der Waals surface area contributed by atoms with Crippen molar-refractivity contribution < 1.29 is 0 Å². The maximum Gasteiger partial charge on any atom is 0.224 e. The zero-order valence-electron chi connectivity index (χ0n) is 18.8. The monoisotopic (exact) mass is 490 g/mol. The number of pyridine rings is 1. The van der Waals surface area contributed by atoms with Crippen LogP contribution in [0.5, 0.6) is 0 Å². The van der Waals surface area contributed by atoms with Crippen LogP contribution in [0.3, 0.4) is 0 Å². The van der Waals surface area contributed by atoms with Crippen LogP contribution >= 0.6 is 22.9 Å². The zero-order chi connectivity index (χ0) is 23.7. The molecule has 5 rings (SSSR count). The van der Waals surface area contributed by atoms with Crippen LogP contribution in [0.25, 0.3) is 21.1 Å². The number of thiophene rings is 1. The molecule has 1 aliphatic heterocycles. The van der Waals surface area contributed by atoms with Gasteiger partial charge in [-0.2, -0.15) is 10.2 Å². The van der Waals surface area contributed by atoms with Gasteiger partial charge in [-0.25, -0.2) is 9.98 Å². The second-order valence-corrected chi connectivity index (χ2v) is 9.68. The number of aromatic nitrogens is 3. The molecule has 1 unspecified atom stereocenters. The maximum absolute atomic E-state index is 9.52. The quantitative estimate of drug-likeness (QED) is 0.145. The fourth-order valence-corrected chi connectivity index (χ4v) is 5.40. The lowest BCUT2D eigenvalue weighted by molar-refractivity contribution is 0.220. The molecule has 8 nitrogen and oxygen atoms in total. The van der Waals surface area contributed by atoms with Crippen LogP contribution in [0.2, 0.25) is 5.28 Å². The van der Waals surface area contributed by atoms with Crippen molar-refractivity contribution in [1.29, 1.82) is 5.26 Å². The Morgan fingerprint density at radius 1 is 1.21 bits per heavy atom. The number of hydrogen-bond donors (Lipinski definition) is 1. The van der Waals surface area contributed by atoms with Crippen LogP contribution in [0.15, 0.2) is 53.0 Å². The Morgan fingerprint density at radius 2 is 2.09 bits per heavy atom. The van der Waals surface area contributed by atoms with Gasteiger partial charge in [0.2, 0.25) is 11.2 Å². The van der Waals surface area contributed by atoms with Crippen LogP contribution in [-0.2, 0) is 0 Å². The molecule has 1 aromatic carbocycles. The van der Waals surface area contributed by atoms with Crippen molar-refractivity contribution >= 4 is 61.5 Å². The normalized spacial score (nSPS) is 16.9. The number of nitrogens with one attached hydrogen (secondary N) is 1. The molecule has 0 radical (unpaired) electrons. The molecule has 4 heterocycles. The first-order valence-corrected chi connectivity index (χ1v) is 12.3. The Labute approximate surface area is 206 Å². The number of halogens is 1. The van der Waals surface area contributed by atoms with Crippen LogP contribution in [0.1, 0.15) is 13.8 Å². The third kappa shape index (κ3) is 4.22. The molecule has 1 N–H and O–H groups in total. The van der Waals surface area contributed by atoms with Gasteiger partial charge in [-0.3, -0.25) is 10.3 Å². The number of aliphatic imine (C=N–C) groups is 1. The lowest BCUT2D eigenvalue weighted by Crippen LogP contribution is -2.59. The van der Waals surface area contributed by atoms with Gasteiger partial charge in [0, 0.05) is 31.2 Å². The number of benzene rings is 1. The van der Waals surface area contributed by atoms with Gasteiger partial charge in [-0.15, -0.1) is 11.3 Å². The topological polar surface area (TPSA) is 93.3 Å². The molecular weight excluding hydrogens is 468 g/mol. The first kappa shape index (κ1) is 22.3. The lowest BCUT2D eigenvalue weighted by atomic mass is 9.99. The van der Waals surface area contributed by atoms with Gasteiger partial charge in [-0.1, -0.05) is 19.9 Å². The Bertz CT molecular complexity index is 1400. The van der Waals surface area contributed by atoms with E-state index in [1.807, 2.05) is 41.8 Å². The molecule has 3 aromatic heterocycles. The predicted octanol–water partition coefficient (Wildman–Crippen LogP) is 4.80. The number of anilines is 1. The molecule has 10 heteroatoms. The number of nitriles is 1. The Hall–Kier alpha value is -3.48. The predicted molar refractivity (Wildman–Crippen MR) is 138 cm³/mol. The van der Waals surface area contributed by atoms with Crippen molar-refractivity contribution in [1.82, 2.24) is 25.2 Å². The van der Waals surface area contributed by atoms with Gasteiger partial charge in [0.25, 0.3) is 0 Å². The van der Waals surface area contributed by atoms with Gasteiger partial charge in [0.1, 0.15) is 0 Å². The summed E-state index contributed by atoms with van der Waals surface area (Å²) in [7, 11) is 0. The smallest absolute Gasteiger partial charge is 0.224 e. The molecule has 4 aromatic rings. The van der Waals surface area contributed by atoms with Crippen molar-refractivity contribution in [2.45, 2.75) is 19.9 Å². The first-order valence-electron chi connectivity index (χ1n) is 11.0. The van der Waals surface area contributed by atoms with Crippen molar-refractivity contribution in [2.24, 2.45) is 10.9 Å². The van der Waals surface area contributed by atoms with Gasteiger partial charge in [-0.05, 0) is 53.2 Å². The summed E-state index contributed by atoms with van der Waals surface area (Å²) in [4.78, 5) is 22.7. The summed E-state index contributed by atoms with van der Waals surface area (Å²) in [6.45, 7) is 6.48. The molecule has 0 aliphatic carbocycles. The molecule has 1 saturated heterocycles. The van der Waals surface area contributed by atoms with E-state index in [0.717, 1.165) is 39.2 Å². The molecule has 172 valence electrons. The van der Waals surface area contributed by atoms with E-state index in [4.69, 9.17) is 16.6 Å². The highest BCUT2D eigenvalue weighted by molar-refractivity contribution is 7.17. The van der Waals surface area contributed by atoms with Crippen LogP contribution < -0.4 is 10.2 Å². The maximum atomic E-state index is 9.52. The number of fused-ring (bicyclic) bond motifs is 2. The number of nitrogens with zero attached hydrogens (tertiary/aromatic N) is 7. The second-order valence-electron chi connectivity index (χ2n) is 8.42. The number of rotatable bonds is 3. The van der Waals surface area contributed by atoms with Gasteiger partial charge in [0.05, 0.1) is 27.5 Å². The number of guanidine groups is 1. The summed E-state index contributed by atoms with van der Waals surface area (Å²) < 4.78 is 1.03. The second kappa shape index (κ2) is 9.41. The largest absolute Gasteiger partial charge is 0.351 e. The number of piperazine rings is 1. The standard InChI is InChI=1S/C24H23ClN8S/c1-15(2)20-13-32(22-21-19(8-12-34-21)29-23(25)31-22)10-11-33(20)24(28-14-26)30-18-7-3-6-17-16(18)5-4-9-27-17/h3-9,12,15,20H,10-11,13H2,1-2H3,(H,28,30). The SMILES string of the molecule is CC(C)C1CN(c2nc(Cl)nc3ccsc23)CCN1C(=Nc1cccc2ncccc12)NC#N. The van der Waals surface area contributed by atoms with Crippen LogP contribution in [0.4, 0.5) is 11.5 Å². The fourth-order valence-electron chi connectivity index (χ4n) is 4.38. The van der Waals surface area contributed by atoms with Crippen LogP contribution in [0, 0.1) is 17.4 Å². The van der Waals surface area contributed by atoms with E-state index in [2.05, 4.69) is 50.1 Å². The Balaban J connectivity index is 1.50. The average molecular weight is 491 g/mol. The minimum Gasteiger partial charge on any atom is -0.351 e. The summed E-state index contributed by atoms with van der Waals surface area (Å²) in [6, 6.07) is 11.8. The molecule has 0 amide bonds. The van der Waals surface area contributed by atoms with E-state index in [0.29, 0.717) is 25.0 Å². The molecule has 0 saturated carbocycles. The van der Waals surface area contributed by atoms with Gasteiger partial charge in [0.15, 0.2) is 12.0 Å². The Morgan fingerprint density at radius 3 is 2.91 bits per heavy atom. The third-order valence-electron chi connectivity index (χ3n) is 6.03. The summed E-state index contributed by atoms with van der Waals surface area (Å²) in [5.41, 5.74) is 2.50. The van der Waals surface area contributed by atoms with E-state index >= 15 is 0 Å². The Kier molecular flexibility index (Phi) is 6.18. The van der Waals surface area contributed by atoms with E-state index in [9.17, 15) is 5.26 Å². The third-order valence-corrected chi connectivity index (χ3v) is 7.10. The van der Waals surface area contributed by atoms with Crippen LogP contribution in [-0.4, -0.2) is 51.5 Å². The minimum absolute atomic E-state index is 0.102. The minimum atomic E-state index is 0.102. The van der Waals surface area contributed by atoms with Gasteiger partial charge < -0.3 is 9.80 Å². The molecule has 0 spiro atoms. The fraction of sp³-hybridized carbons (Fsp3) is 0.292. The lowest BCUT2D eigenvalue weighted by Gasteiger charge is -2.44. The highest BCUT2D eigenvalue weighted by atomic mass is 35.5. The molecule has 1 aliphatic rings. The summed E-state index contributed by atoms with van der Waals surface area (Å²) >= 11 is 7.85. The molecule has 34 heavy (non-hydrogen) atoms. The van der Waals surface area contributed by atoms with Crippen molar-refractivity contribution in [3.05, 3.63) is 53.3 Å². The summed E-state index contributed by atoms with van der Waals surface area (Å²) in [5, 5.41) is 15.6. The van der Waals surface area contributed by atoms with E-state index in [1.165, 1.54) is 0 Å². The molecular formula is C24H23ClN8S. The zero-order valence-corrected chi connectivity index (χ0v) is 20.4. The number of hydrogen-bond acceptors (Lipinski definition) is 7. The molecule has 1 atom stereocenters. The van der Waals surface area contributed by atoms with E-state index in [1.54, 1.807) is 17.5 Å². The van der Waals surface area contributed by atoms with Crippen molar-refractivity contribution in [2.75, 3.05) is 24.5 Å². The molecule has 1 fully saturated rings. The first-order chi connectivity index (χ1) is 16.5. The molecule has 0 bridgehead atoms. The van der Waals surface area contributed by atoms with Gasteiger partial charge >= 0.3 is 0 Å². The van der Waals surface area contributed by atoms with Crippen molar-refractivity contribution in [3.8, 4) is 6.19 Å². The van der Waals surface area contributed by atoms with E-state index in [-0.39, 0.29) is 11.3 Å². The van der Waals surface area contributed by atoms with E-state index < -0.39 is 0 Å². The highest BCUT2D eigenvalue weighted by Gasteiger charge is 2.33. The summed E-state index contributed by atoms with van der Waals surface area (Å²) in [6.07, 6.45) is 3.84. The summed E-state index contributed by atoms with van der Waals surface area (Å²) in [5.74, 6) is 1.71. The van der Waals surface area contributed by atoms with Crippen molar-refractivity contribution in [3.63, 3.8) is 0 Å².